The lowest BCUT2D eigenvalue weighted by molar-refractivity contribution is -0.120. The fourth-order valence-electron chi connectivity index (χ4n) is 5.75. The summed E-state index contributed by atoms with van der Waals surface area (Å²) in [7, 11) is 1.87. The van der Waals surface area contributed by atoms with E-state index in [-0.39, 0.29) is 17.9 Å². The maximum atomic E-state index is 13.7. The van der Waals surface area contributed by atoms with Crippen molar-refractivity contribution in [3.8, 4) is 0 Å². The van der Waals surface area contributed by atoms with Gasteiger partial charge in [0.15, 0.2) is 11.6 Å². The SMILES string of the molecule is CC(C(=O)Nc1cc(C2CC2)nn1C)[C@H]1[C@@H]2C[C@@H](n3cnc4cc(F)c(F)cc43)C[C@@H]21. The van der Waals surface area contributed by atoms with Crippen molar-refractivity contribution in [1.82, 2.24) is 19.3 Å². The molecule has 0 spiro atoms. The molecule has 0 bridgehead atoms. The number of carbonyl (C=O) groups is 1. The zero-order chi connectivity index (χ0) is 21.4. The second-order valence-electron chi connectivity index (χ2n) is 9.57. The molecule has 3 saturated carbocycles. The smallest absolute Gasteiger partial charge is 0.228 e. The minimum absolute atomic E-state index is 0.0481. The van der Waals surface area contributed by atoms with Crippen molar-refractivity contribution < 1.29 is 13.6 Å². The van der Waals surface area contributed by atoms with E-state index in [0.717, 1.165) is 30.4 Å². The Kier molecular flexibility index (Phi) is 4.04. The molecular weight excluding hydrogens is 400 g/mol. The summed E-state index contributed by atoms with van der Waals surface area (Å²) in [6, 6.07) is 4.60. The minimum Gasteiger partial charge on any atom is -0.327 e. The van der Waals surface area contributed by atoms with Gasteiger partial charge < -0.3 is 9.88 Å². The molecule has 1 unspecified atom stereocenters. The summed E-state index contributed by atoms with van der Waals surface area (Å²) in [5.74, 6) is 0.929. The van der Waals surface area contributed by atoms with E-state index in [1.165, 1.54) is 18.9 Å². The van der Waals surface area contributed by atoms with Gasteiger partial charge in [-0.25, -0.2) is 13.8 Å². The molecule has 1 amide bonds. The Balaban J connectivity index is 1.11. The number of carbonyl (C=O) groups excluding carboxylic acids is 1. The normalized spacial score (nSPS) is 28.0. The predicted molar refractivity (Wildman–Crippen MR) is 111 cm³/mol. The van der Waals surface area contributed by atoms with Gasteiger partial charge in [0.05, 0.1) is 23.1 Å². The summed E-state index contributed by atoms with van der Waals surface area (Å²) in [5.41, 5.74) is 2.18. The molecular formula is C23H25F2N5O. The second kappa shape index (κ2) is 6.61. The molecule has 1 aromatic carbocycles. The van der Waals surface area contributed by atoms with Crippen molar-refractivity contribution >= 4 is 22.8 Å². The Hall–Kier alpha value is -2.77. The molecule has 5 atom stereocenters. The van der Waals surface area contributed by atoms with Crippen LogP contribution in [0.4, 0.5) is 14.6 Å². The molecule has 8 heteroatoms. The van der Waals surface area contributed by atoms with Crippen LogP contribution in [0.2, 0.25) is 0 Å². The van der Waals surface area contributed by atoms with Gasteiger partial charge in [0.1, 0.15) is 5.82 Å². The van der Waals surface area contributed by atoms with Gasteiger partial charge in [0.25, 0.3) is 0 Å². The molecule has 0 aliphatic heterocycles. The molecule has 31 heavy (non-hydrogen) atoms. The molecule has 0 radical (unpaired) electrons. The van der Waals surface area contributed by atoms with Crippen molar-refractivity contribution in [3.63, 3.8) is 0 Å². The Morgan fingerprint density at radius 2 is 1.87 bits per heavy atom. The van der Waals surface area contributed by atoms with E-state index in [1.54, 1.807) is 11.0 Å². The van der Waals surface area contributed by atoms with Crippen molar-refractivity contribution in [2.24, 2.45) is 30.7 Å². The Labute approximate surface area is 178 Å². The standard InChI is InChI=1S/C23H25F2N5O/c1-11(23(31)27-21-9-18(12-3-4-12)28-29(21)2)22-14-5-13(6-15(14)22)30-10-26-19-7-16(24)17(25)8-20(19)30/h7-15,22H,3-6H2,1-2H3,(H,27,31)/t11?,13-,14-,15+,22+. The fourth-order valence-corrected chi connectivity index (χ4v) is 5.75. The number of benzene rings is 1. The highest BCUT2D eigenvalue weighted by molar-refractivity contribution is 5.92. The van der Waals surface area contributed by atoms with Gasteiger partial charge in [-0.05, 0) is 43.4 Å². The van der Waals surface area contributed by atoms with Gasteiger partial charge in [-0.2, -0.15) is 5.10 Å². The van der Waals surface area contributed by atoms with Crippen LogP contribution in [0.3, 0.4) is 0 Å². The molecule has 6 rings (SSSR count). The molecule has 3 aliphatic carbocycles. The summed E-state index contributed by atoms with van der Waals surface area (Å²) in [5, 5.41) is 7.59. The molecule has 2 aromatic heterocycles. The number of anilines is 1. The van der Waals surface area contributed by atoms with Gasteiger partial charge in [0.2, 0.25) is 5.91 Å². The number of nitrogens with zero attached hydrogens (tertiary/aromatic N) is 4. The first kappa shape index (κ1) is 19.0. The number of rotatable bonds is 5. The van der Waals surface area contributed by atoms with Crippen LogP contribution in [0.5, 0.6) is 0 Å². The lowest BCUT2D eigenvalue weighted by Gasteiger charge is -2.19. The highest BCUT2D eigenvalue weighted by atomic mass is 19.2. The molecule has 162 valence electrons. The van der Waals surface area contributed by atoms with Crippen LogP contribution < -0.4 is 5.32 Å². The number of hydrogen-bond acceptors (Lipinski definition) is 3. The van der Waals surface area contributed by atoms with Crippen LogP contribution in [0.1, 0.15) is 50.3 Å². The van der Waals surface area contributed by atoms with Crippen LogP contribution >= 0.6 is 0 Å². The molecule has 0 saturated heterocycles. The van der Waals surface area contributed by atoms with Gasteiger partial charge in [-0.3, -0.25) is 9.48 Å². The minimum atomic E-state index is -0.871. The third-order valence-corrected chi connectivity index (χ3v) is 7.63. The van der Waals surface area contributed by atoms with Crippen molar-refractivity contribution in [2.75, 3.05) is 5.32 Å². The van der Waals surface area contributed by atoms with E-state index in [4.69, 9.17) is 0 Å². The number of fused-ring (bicyclic) bond motifs is 2. The summed E-state index contributed by atoms with van der Waals surface area (Å²) < 4.78 is 30.9. The average molecular weight is 425 g/mol. The van der Waals surface area contributed by atoms with Gasteiger partial charge in [-0.15, -0.1) is 0 Å². The van der Waals surface area contributed by atoms with Crippen molar-refractivity contribution in [1.29, 1.82) is 0 Å². The highest BCUT2D eigenvalue weighted by Crippen LogP contribution is 2.64. The summed E-state index contributed by atoms with van der Waals surface area (Å²) in [6.07, 6.45) is 5.93. The summed E-state index contributed by atoms with van der Waals surface area (Å²) in [6.45, 7) is 2.01. The molecule has 3 aliphatic rings. The molecule has 3 aromatic rings. The number of halogens is 2. The highest BCUT2D eigenvalue weighted by Gasteiger charge is 2.59. The third kappa shape index (κ3) is 3.06. The first-order chi connectivity index (χ1) is 14.9. The van der Waals surface area contributed by atoms with Crippen LogP contribution in [-0.4, -0.2) is 25.2 Å². The molecule has 2 heterocycles. The van der Waals surface area contributed by atoms with Crippen LogP contribution in [0, 0.1) is 35.3 Å². The predicted octanol–water partition coefficient (Wildman–Crippen LogP) is 4.40. The van der Waals surface area contributed by atoms with E-state index in [9.17, 15) is 13.6 Å². The Morgan fingerprint density at radius 3 is 2.58 bits per heavy atom. The van der Waals surface area contributed by atoms with Gasteiger partial charge >= 0.3 is 0 Å². The largest absolute Gasteiger partial charge is 0.327 e. The maximum absolute atomic E-state index is 13.7. The average Bonchev–Trinajstić information content (AvgIpc) is 3.57. The zero-order valence-electron chi connectivity index (χ0n) is 17.6. The van der Waals surface area contributed by atoms with E-state index in [0.29, 0.717) is 34.7 Å². The van der Waals surface area contributed by atoms with Crippen LogP contribution in [0.25, 0.3) is 11.0 Å². The monoisotopic (exact) mass is 425 g/mol. The van der Waals surface area contributed by atoms with Crippen LogP contribution in [-0.2, 0) is 11.8 Å². The van der Waals surface area contributed by atoms with Crippen molar-refractivity contribution in [3.05, 3.63) is 41.9 Å². The Bertz CT molecular complexity index is 1180. The summed E-state index contributed by atoms with van der Waals surface area (Å²) >= 11 is 0. The molecule has 1 N–H and O–H groups in total. The molecule has 6 nitrogen and oxygen atoms in total. The van der Waals surface area contributed by atoms with E-state index < -0.39 is 11.6 Å². The number of aryl methyl sites for hydroxylation is 1. The number of nitrogens with one attached hydrogen (secondary N) is 1. The van der Waals surface area contributed by atoms with E-state index in [1.807, 2.05) is 24.6 Å². The number of hydrogen-bond donors (Lipinski definition) is 1. The number of imidazole rings is 1. The van der Waals surface area contributed by atoms with Gasteiger partial charge in [0, 0.05) is 43.1 Å². The van der Waals surface area contributed by atoms with Crippen molar-refractivity contribution in [2.45, 2.75) is 44.6 Å². The van der Waals surface area contributed by atoms with Crippen LogP contribution in [0.15, 0.2) is 24.5 Å². The number of aromatic nitrogens is 4. The molecule has 3 fully saturated rings. The number of amides is 1. The fraction of sp³-hybridized carbons (Fsp3) is 0.522. The second-order valence-corrected chi connectivity index (χ2v) is 9.57. The first-order valence-electron chi connectivity index (χ1n) is 11.1. The first-order valence-corrected chi connectivity index (χ1v) is 11.1. The Morgan fingerprint density at radius 1 is 1.16 bits per heavy atom. The topological polar surface area (TPSA) is 64.7 Å². The quantitative estimate of drug-likeness (QED) is 0.659. The van der Waals surface area contributed by atoms with E-state index >= 15 is 0 Å². The third-order valence-electron chi connectivity index (χ3n) is 7.63. The zero-order valence-corrected chi connectivity index (χ0v) is 17.6. The lowest BCUT2D eigenvalue weighted by Crippen LogP contribution is -2.25. The van der Waals surface area contributed by atoms with E-state index in [2.05, 4.69) is 15.4 Å². The summed E-state index contributed by atoms with van der Waals surface area (Å²) in [4.78, 5) is 17.1. The lowest BCUT2D eigenvalue weighted by atomic mass is 9.96. The van der Waals surface area contributed by atoms with Gasteiger partial charge in [-0.1, -0.05) is 6.92 Å². The maximum Gasteiger partial charge on any atom is 0.228 e.